The topological polar surface area (TPSA) is 74.5 Å². The van der Waals surface area contributed by atoms with Gasteiger partial charge in [-0.3, -0.25) is 4.79 Å². The van der Waals surface area contributed by atoms with Crippen LogP contribution in [0.1, 0.15) is 21.7 Å². The van der Waals surface area contributed by atoms with Crippen molar-refractivity contribution in [2.75, 3.05) is 19.6 Å². The minimum absolute atomic E-state index is 0. The molecule has 1 aliphatic rings. The molecule has 0 bridgehead atoms. The number of nitrogens with one attached hydrogen (secondary N) is 2. The summed E-state index contributed by atoms with van der Waals surface area (Å²) in [6.45, 7) is 5.81. The molecule has 5 nitrogen and oxygen atoms in total. The van der Waals surface area contributed by atoms with E-state index in [1.54, 1.807) is 6.07 Å². The molecule has 3 N–H and O–H groups in total. The normalized spacial score (nSPS) is 20.9. The molecule has 1 aromatic heterocycles. The number of rotatable bonds is 3. The Morgan fingerprint density at radius 1 is 1.32 bits per heavy atom. The molecule has 0 spiro atoms. The molecule has 0 radical (unpaired) electrons. The number of hydrogen-bond acceptors (Lipinski definition) is 4. The molecule has 1 aromatic carbocycles. The van der Waals surface area contributed by atoms with Gasteiger partial charge < -0.3 is 20.2 Å². The van der Waals surface area contributed by atoms with Crippen LogP contribution in [0.2, 0.25) is 0 Å². The molecule has 0 saturated carbocycles. The van der Waals surface area contributed by atoms with Gasteiger partial charge in [0.2, 0.25) is 0 Å². The summed E-state index contributed by atoms with van der Waals surface area (Å²) in [5.74, 6) is 0.138. The summed E-state index contributed by atoms with van der Waals surface area (Å²) in [6.07, 6.45) is -0.397. The number of aryl methyl sites for hydroxylation is 2. The van der Waals surface area contributed by atoms with Crippen molar-refractivity contribution in [1.29, 1.82) is 0 Å². The lowest BCUT2D eigenvalue weighted by Crippen LogP contribution is -2.34. The monoisotopic (exact) mass is 324 g/mol. The Morgan fingerprint density at radius 3 is 2.73 bits per heavy atom. The minimum Gasteiger partial charge on any atom is -0.451 e. The molecule has 2 atom stereocenters. The number of carbonyl (C=O) groups excluding carboxylic acids is 1. The van der Waals surface area contributed by atoms with Crippen molar-refractivity contribution in [3.05, 3.63) is 35.1 Å². The SMILES string of the molecule is Cc1cc2cc(C(=O)NCC3CNCC3O)oc2cc1C.Cl. The van der Waals surface area contributed by atoms with Crippen molar-refractivity contribution in [3.8, 4) is 0 Å². The molecule has 2 unspecified atom stereocenters. The Balaban J connectivity index is 0.00000176. The molecule has 2 aromatic rings. The Labute approximate surface area is 135 Å². The number of hydrogen-bond donors (Lipinski definition) is 3. The zero-order valence-electron chi connectivity index (χ0n) is 12.7. The maximum Gasteiger partial charge on any atom is 0.287 e. The van der Waals surface area contributed by atoms with Crippen molar-refractivity contribution in [3.63, 3.8) is 0 Å². The Kier molecular flexibility index (Phi) is 5.11. The average molecular weight is 325 g/mol. The number of carbonyl (C=O) groups is 1. The van der Waals surface area contributed by atoms with E-state index in [4.69, 9.17) is 4.42 Å². The van der Waals surface area contributed by atoms with E-state index < -0.39 is 6.10 Å². The fourth-order valence-corrected chi connectivity index (χ4v) is 2.65. The first-order chi connectivity index (χ1) is 10.0. The number of aliphatic hydroxyl groups is 1. The number of β-amino-alcohol motifs (C(OH)–C–C–N with tert-alkyl or cyclic N) is 1. The van der Waals surface area contributed by atoms with Crippen molar-refractivity contribution in [1.82, 2.24) is 10.6 Å². The van der Waals surface area contributed by atoms with Gasteiger partial charge in [-0.1, -0.05) is 0 Å². The molecule has 1 aliphatic heterocycles. The summed E-state index contributed by atoms with van der Waals surface area (Å²) in [7, 11) is 0. The molecule has 6 heteroatoms. The first kappa shape index (κ1) is 16.8. The third-order valence-corrected chi connectivity index (χ3v) is 4.19. The van der Waals surface area contributed by atoms with Gasteiger partial charge in [0.05, 0.1) is 6.10 Å². The van der Waals surface area contributed by atoms with Gasteiger partial charge in [-0.05, 0) is 43.2 Å². The van der Waals surface area contributed by atoms with Crippen LogP contribution >= 0.6 is 12.4 Å². The van der Waals surface area contributed by atoms with E-state index in [1.165, 1.54) is 5.56 Å². The van der Waals surface area contributed by atoms with Crippen LogP contribution in [0.15, 0.2) is 22.6 Å². The van der Waals surface area contributed by atoms with E-state index >= 15 is 0 Å². The summed E-state index contributed by atoms with van der Waals surface area (Å²) in [5, 5.41) is 16.6. The maximum absolute atomic E-state index is 12.1. The van der Waals surface area contributed by atoms with Gasteiger partial charge in [0.1, 0.15) is 5.58 Å². The lowest BCUT2D eigenvalue weighted by atomic mass is 10.1. The second kappa shape index (κ2) is 6.69. The van der Waals surface area contributed by atoms with E-state index in [0.717, 1.165) is 23.1 Å². The van der Waals surface area contributed by atoms with Gasteiger partial charge >= 0.3 is 0 Å². The lowest BCUT2D eigenvalue weighted by molar-refractivity contribution is 0.0902. The fraction of sp³-hybridized carbons (Fsp3) is 0.438. The van der Waals surface area contributed by atoms with Crippen LogP contribution in [-0.2, 0) is 0 Å². The summed E-state index contributed by atoms with van der Waals surface area (Å²) >= 11 is 0. The first-order valence-electron chi connectivity index (χ1n) is 7.22. The highest BCUT2D eigenvalue weighted by Crippen LogP contribution is 2.23. The maximum atomic E-state index is 12.1. The smallest absolute Gasteiger partial charge is 0.287 e. The highest BCUT2D eigenvalue weighted by atomic mass is 35.5. The highest BCUT2D eigenvalue weighted by molar-refractivity contribution is 5.96. The van der Waals surface area contributed by atoms with Crippen molar-refractivity contribution < 1.29 is 14.3 Å². The summed E-state index contributed by atoms with van der Waals surface area (Å²) < 4.78 is 5.62. The quantitative estimate of drug-likeness (QED) is 0.804. The lowest BCUT2D eigenvalue weighted by Gasteiger charge is -2.13. The number of aliphatic hydroxyl groups excluding tert-OH is 1. The highest BCUT2D eigenvalue weighted by Gasteiger charge is 2.25. The largest absolute Gasteiger partial charge is 0.451 e. The van der Waals surface area contributed by atoms with E-state index in [0.29, 0.717) is 18.8 Å². The molecule has 2 heterocycles. The molecule has 1 saturated heterocycles. The number of amides is 1. The van der Waals surface area contributed by atoms with Gasteiger partial charge in [-0.15, -0.1) is 12.4 Å². The second-order valence-electron chi connectivity index (χ2n) is 5.78. The van der Waals surface area contributed by atoms with Crippen molar-refractivity contribution in [2.24, 2.45) is 5.92 Å². The minimum atomic E-state index is -0.397. The van der Waals surface area contributed by atoms with Gasteiger partial charge in [0.15, 0.2) is 5.76 Å². The molecule has 1 fully saturated rings. The number of halogens is 1. The van der Waals surface area contributed by atoms with Gasteiger partial charge in [0, 0.05) is 30.9 Å². The standard InChI is InChI=1S/C16H20N2O3.ClH/c1-9-3-11-5-15(21-14(11)4-10(9)2)16(20)18-7-12-6-17-8-13(12)19;/h3-5,12-13,17,19H,6-8H2,1-2H3,(H,18,20);1H. The second-order valence-corrected chi connectivity index (χ2v) is 5.78. The number of benzene rings is 1. The van der Waals surface area contributed by atoms with Crippen molar-refractivity contribution >= 4 is 29.3 Å². The van der Waals surface area contributed by atoms with Crippen LogP contribution < -0.4 is 10.6 Å². The van der Waals surface area contributed by atoms with Crippen LogP contribution in [-0.4, -0.2) is 36.8 Å². The summed E-state index contributed by atoms with van der Waals surface area (Å²) in [5.41, 5.74) is 3.05. The molecule has 0 aliphatic carbocycles. The zero-order valence-corrected chi connectivity index (χ0v) is 13.5. The Hall–Kier alpha value is -1.56. The van der Waals surface area contributed by atoms with Gasteiger partial charge in [0.25, 0.3) is 5.91 Å². The fourth-order valence-electron chi connectivity index (χ4n) is 2.65. The van der Waals surface area contributed by atoms with Crippen LogP contribution in [0.25, 0.3) is 11.0 Å². The molecular formula is C16H21ClN2O3. The predicted octanol–water partition coefficient (Wildman–Crippen LogP) is 1.78. The number of fused-ring (bicyclic) bond motifs is 1. The number of furan rings is 1. The van der Waals surface area contributed by atoms with E-state index in [9.17, 15) is 9.90 Å². The van der Waals surface area contributed by atoms with Gasteiger partial charge in [-0.25, -0.2) is 0 Å². The van der Waals surface area contributed by atoms with Crippen LogP contribution in [0.3, 0.4) is 0 Å². The first-order valence-corrected chi connectivity index (χ1v) is 7.22. The van der Waals surface area contributed by atoms with Crippen LogP contribution in [0, 0.1) is 19.8 Å². The van der Waals surface area contributed by atoms with Crippen LogP contribution in [0.4, 0.5) is 0 Å². The Bertz CT molecular complexity index is 644. The molecule has 1 amide bonds. The zero-order chi connectivity index (χ0) is 15.0. The molecule has 22 heavy (non-hydrogen) atoms. The predicted molar refractivity (Wildman–Crippen MR) is 87.6 cm³/mol. The van der Waals surface area contributed by atoms with Crippen molar-refractivity contribution in [2.45, 2.75) is 20.0 Å². The third-order valence-electron chi connectivity index (χ3n) is 4.19. The van der Waals surface area contributed by atoms with E-state index in [2.05, 4.69) is 10.6 Å². The molecule has 3 rings (SSSR count). The van der Waals surface area contributed by atoms with E-state index in [-0.39, 0.29) is 24.2 Å². The average Bonchev–Trinajstić information content (AvgIpc) is 3.03. The molecule has 120 valence electrons. The van der Waals surface area contributed by atoms with Crippen LogP contribution in [0.5, 0.6) is 0 Å². The Morgan fingerprint density at radius 2 is 2.05 bits per heavy atom. The van der Waals surface area contributed by atoms with E-state index in [1.807, 2.05) is 26.0 Å². The summed E-state index contributed by atoms with van der Waals surface area (Å²) in [4.78, 5) is 12.1. The molecular weight excluding hydrogens is 304 g/mol. The summed E-state index contributed by atoms with van der Waals surface area (Å²) in [6, 6.07) is 5.74. The third kappa shape index (κ3) is 3.27. The van der Waals surface area contributed by atoms with Gasteiger partial charge in [-0.2, -0.15) is 0 Å².